The van der Waals surface area contributed by atoms with Crippen molar-refractivity contribution >= 4 is 24.2 Å². The van der Waals surface area contributed by atoms with Crippen LogP contribution < -0.4 is 5.32 Å². The molecule has 162 valence electrons. The van der Waals surface area contributed by atoms with Crippen LogP contribution in [0.3, 0.4) is 0 Å². The standard InChI is InChI=1S/C22H39N3O2.ClH/c1-5-9-16-25(17-10-6-2)19-21(18-24(7-3)8-4)27-22(26)23-20-14-12-11-13-15-20;/h11-15,21H,5-10,16-19H2,1-4H3,(H,23,26);1H. The molecular formula is C22H40ClN3O2. The number of hydrogen-bond acceptors (Lipinski definition) is 4. The summed E-state index contributed by atoms with van der Waals surface area (Å²) in [5, 5.41) is 2.84. The van der Waals surface area contributed by atoms with Crippen molar-refractivity contribution in [1.29, 1.82) is 0 Å². The van der Waals surface area contributed by atoms with E-state index >= 15 is 0 Å². The Morgan fingerprint density at radius 2 is 1.46 bits per heavy atom. The van der Waals surface area contributed by atoms with Crippen molar-refractivity contribution in [2.24, 2.45) is 0 Å². The quantitative estimate of drug-likeness (QED) is 0.451. The van der Waals surface area contributed by atoms with Gasteiger partial charge in [0.15, 0.2) is 0 Å². The van der Waals surface area contributed by atoms with E-state index in [1.54, 1.807) is 0 Å². The van der Waals surface area contributed by atoms with E-state index in [9.17, 15) is 4.79 Å². The molecule has 0 fully saturated rings. The minimum absolute atomic E-state index is 0. The first-order chi connectivity index (χ1) is 13.1. The first-order valence-corrected chi connectivity index (χ1v) is 10.6. The van der Waals surface area contributed by atoms with Crippen LogP contribution in [0.1, 0.15) is 53.4 Å². The molecule has 0 aliphatic carbocycles. The van der Waals surface area contributed by atoms with Crippen molar-refractivity contribution in [3.05, 3.63) is 30.3 Å². The van der Waals surface area contributed by atoms with E-state index in [0.29, 0.717) is 0 Å². The van der Waals surface area contributed by atoms with E-state index in [1.165, 1.54) is 25.7 Å². The molecule has 0 aliphatic rings. The lowest BCUT2D eigenvalue weighted by atomic mass is 10.2. The van der Waals surface area contributed by atoms with E-state index in [2.05, 4.69) is 42.8 Å². The number of benzene rings is 1. The molecule has 1 unspecified atom stereocenters. The van der Waals surface area contributed by atoms with Gasteiger partial charge in [0.25, 0.3) is 0 Å². The number of para-hydroxylation sites is 1. The lowest BCUT2D eigenvalue weighted by molar-refractivity contribution is 0.0543. The maximum absolute atomic E-state index is 12.4. The fraction of sp³-hybridized carbons (Fsp3) is 0.682. The third kappa shape index (κ3) is 11.5. The Morgan fingerprint density at radius 1 is 0.929 bits per heavy atom. The summed E-state index contributed by atoms with van der Waals surface area (Å²) in [5.41, 5.74) is 0.762. The maximum Gasteiger partial charge on any atom is 0.411 e. The lowest BCUT2D eigenvalue weighted by Crippen LogP contribution is -2.44. The largest absolute Gasteiger partial charge is 0.443 e. The molecule has 0 saturated carbocycles. The minimum Gasteiger partial charge on any atom is -0.443 e. The van der Waals surface area contributed by atoms with Crippen molar-refractivity contribution in [3.63, 3.8) is 0 Å². The molecule has 0 aromatic heterocycles. The van der Waals surface area contributed by atoms with E-state index in [1.807, 2.05) is 30.3 Å². The second-order valence-corrected chi connectivity index (χ2v) is 7.01. The summed E-state index contributed by atoms with van der Waals surface area (Å²) < 4.78 is 5.85. The summed E-state index contributed by atoms with van der Waals surface area (Å²) in [6, 6.07) is 9.48. The number of likely N-dealkylation sites (N-methyl/N-ethyl adjacent to an activating group) is 1. The zero-order chi connectivity index (χ0) is 19.9. The highest BCUT2D eigenvalue weighted by molar-refractivity contribution is 5.85. The number of halogens is 1. The van der Waals surface area contributed by atoms with Gasteiger partial charge < -0.3 is 9.64 Å². The number of carbonyl (C=O) groups is 1. The Morgan fingerprint density at radius 3 is 1.96 bits per heavy atom. The van der Waals surface area contributed by atoms with Crippen molar-refractivity contribution in [1.82, 2.24) is 9.80 Å². The zero-order valence-electron chi connectivity index (χ0n) is 18.2. The number of nitrogens with one attached hydrogen (secondary N) is 1. The average Bonchev–Trinajstić information content (AvgIpc) is 2.68. The topological polar surface area (TPSA) is 44.8 Å². The van der Waals surface area contributed by atoms with Gasteiger partial charge in [0.2, 0.25) is 0 Å². The molecule has 1 aromatic rings. The summed E-state index contributed by atoms with van der Waals surface area (Å²) in [7, 11) is 0. The van der Waals surface area contributed by atoms with E-state index < -0.39 is 0 Å². The van der Waals surface area contributed by atoms with Gasteiger partial charge in [-0.2, -0.15) is 0 Å². The van der Waals surface area contributed by atoms with Gasteiger partial charge in [0, 0.05) is 18.8 Å². The lowest BCUT2D eigenvalue weighted by Gasteiger charge is -2.30. The highest BCUT2D eigenvalue weighted by Crippen LogP contribution is 2.09. The summed E-state index contributed by atoms with van der Waals surface area (Å²) >= 11 is 0. The summed E-state index contributed by atoms with van der Waals surface area (Å²) in [6.45, 7) is 14.3. The first kappa shape index (κ1) is 26.7. The average molecular weight is 414 g/mol. The van der Waals surface area contributed by atoms with Crippen LogP contribution in [0, 0.1) is 0 Å². The third-order valence-corrected chi connectivity index (χ3v) is 4.77. The van der Waals surface area contributed by atoms with Crippen LogP contribution in [0.4, 0.5) is 10.5 Å². The molecule has 0 spiro atoms. The van der Waals surface area contributed by atoms with Gasteiger partial charge in [-0.1, -0.05) is 58.7 Å². The second kappa shape index (κ2) is 16.6. The molecule has 28 heavy (non-hydrogen) atoms. The van der Waals surface area contributed by atoms with Gasteiger partial charge in [-0.3, -0.25) is 10.2 Å². The van der Waals surface area contributed by atoms with Gasteiger partial charge in [0.1, 0.15) is 6.10 Å². The van der Waals surface area contributed by atoms with E-state index in [-0.39, 0.29) is 24.6 Å². The minimum atomic E-state index is -0.371. The van der Waals surface area contributed by atoms with Crippen molar-refractivity contribution < 1.29 is 9.53 Å². The third-order valence-electron chi connectivity index (χ3n) is 4.77. The van der Waals surface area contributed by atoms with Gasteiger partial charge in [-0.25, -0.2) is 4.79 Å². The number of anilines is 1. The molecule has 0 bridgehead atoms. The van der Waals surface area contributed by atoms with Crippen LogP contribution in [0.15, 0.2) is 30.3 Å². The highest BCUT2D eigenvalue weighted by atomic mass is 35.5. The molecule has 0 heterocycles. The number of unbranched alkanes of at least 4 members (excludes halogenated alkanes) is 2. The summed E-state index contributed by atoms with van der Waals surface area (Å²) in [6.07, 6.45) is 4.21. The molecular weight excluding hydrogens is 374 g/mol. The number of nitrogens with zero attached hydrogens (tertiary/aromatic N) is 2. The molecule has 1 rings (SSSR count). The second-order valence-electron chi connectivity index (χ2n) is 7.01. The predicted octanol–water partition coefficient (Wildman–Crippen LogP) is 5.27. The van der Waals surface area contributed by atoms with Gasteiger partial charge in [-0.15, -0.1) is 12.4 Å². The molecule has 1 atom stereocenters. The highest BCUT2D eigenvalue weighted by Gasteiger charge is 2.20. The number of hydrogen-bond donors (Lipinski definition) is 1. The van der Waals surface area contributed by atoms with Crippen LogP contribution >= 0.6 is 12.4 Å². The van der Waals surface area contributed by atoms with Crippen molar-refractivity contribution in [3.8, 4) is 0 Å². The Kier molecular flexibility index (Phi) is 15.9. The van der Waals surface area contributed by atoms with E-state index in [0.717, 1.165) is 45.0 Å². The molecule has 5 nitrogen and oxygen atoms in total. The number of ether oxygens (including phenoxy) is 1. The molecule has 0 radical (unpaired) electrons. The van der Waals surface area contributed by atoms with Crippen LogP contribution in [-0.2, 0) is 4.74 Å². The monoisotopic (exact) mass is 413 g/mol. The predicted molar refractivity (Wildman–Crippen MR) is 122 cm³/mol. The van der Waals surface area contributed by atoms with Gasteiger partial charge >= 0.3 is 6.09 Å². The first-order valence-electron chi connectivity index (χ1n) is 10.6. The maximum atomic E-state index is 12.4. The fourth-order valence-electron chi connectivity index (χ4n) is 3.07. The summed E-state index contributed by atoms with van der Waals surface area (Å²) in [4.78, 5) is 17.2. The molecule has 1 N–H and O–H groups in total. The Bertz CT molecular complexity index is 490. The Hall–Kier alpha value is -1.30. The Labute approximate surface area is 178 Å². The fourth-order valence-corrected chi connectivity index (χ4v) is 3.07. The molecule has 0 saturated heterocycles. The number of carbonyl (C=O) groups excluding carboxylic acids is 1. The van der Waals surface area contributed by atoms with Crippen LogP contribution in [0.5, 0.6) is 0 Å². The summed E-state index contributed by atoms with van der Waals surface area (Å²) in [5.74, 6) is 0. The SMILES string of the molecule is CCCCN(CCCC)CC(CN(CC)CC)OC(=O)Nc1ccccc1.Cl. The van der Waals surface area contributed by atoms with Crippen molar-refractivity contribution in [2.45, 2.75) is 59.5 Å². The molecule has 1 aromatic carbocycles. The van der Waals surface area contributed by atoms with Crippen LogP contribution in [0.2, 0.25) is 0 Å². The van der Waals surface area contributed by atoms with Crippen LogP contribution in [-0.4, -0.2) is 61.3 Å². The Balaban J connectivity index is 0.00000729. The van der Waals surface area contributed by atoms with Crippen LogP contribution in [0.25, 0.3) is 0 Å². The smallest absolute Gasteiger partial charge is 0.411 e. The van der Waals surface area contributed by atoms with Gasteiger partial charge in [-0.05, 0) is 51.2 Å². The van der Waals surface area contributed by atoms with Crippen molar-refractivity contribution in [2.75, 3.05) is 44.6 Å². The number of amides is 1. The van der Waals surface area contributed by atoms with Gasteiger partial charge in [0.05, 0.1) is 0 Å². The zero-order valence-corrected chi connectivity index (χ0v) is 19.0. The molecule has 6 heteroatoms. The number of rotatable bonds is 14. The molecule has 1 amide bonds. The normalized spacial score (nSPS) is 11.9. The molecule has 0 aliphatic heterocycles. The van der Waals surface area contributed by atoms with E-state index in [4.69, 9.17) is 4.74 Å².